The summed E-state index contributed by atoms with van der Waals surface area (Å²) in [4.78, 5) is 28.4. The van der Waals surface area contributed by atoms with Crippen molar-refractivity contribution in [2.75, 3.05) is 17.4 Å². The average Bonchev–Trinajstić information content (AvgIpc) is 2.89. The van der Waals surface area contributed by atoms with Crippen LogP contribution in [0, 0.1) is 12.8 Å². The summed E-state index contributed by atoms with van der Waals surface area (Å²) in [5, 5.41) is 3.63. The average molecular weight is 591 g/mol. The van der Waals surface area contributed by atoms with Gasteiger partial charge in [-0.2, -0.15) is 0 Å². The maximum absolute atomic E-state index is 13.9. The van der Waals surface area contributed by atoms with E-state index in [1.54, 1.807) is 61.5 Å². The summed E-state index contributed by atoms with van der Waals surface area (Å²) in [7, 11) is -4.11. The molecule has 0 aliphatic rings. The molecule has 2 amide bonds. The highest BCUT2D eigenvalue weighted by atomic mass is 35.5. The summed E-state index contributed by atoms with van der Waals surface area (Å²) >= 11 is 12.5. The summed E-state index contributed by atoms with van der Waals surface area (Å²) < 4.78 is 28.6. The van der Waals surface area contributed by atoms with Crippen molar-refractivity contribution < 1.29 is 18.0 Å². The van der Waals surface area contributed by atoms with Crippen molar-refractivity contribution in [1.82, 2.24) is 10.2 Å². The Morgan fingerprint density at radius 1 is 0.923 bits per heavy atom. The monoisotopic (exact) mass is 589 g/mol. The Kier molecular flexibility index (Phi) is 10.4. The maximum Gasteiger partial charge on any atom is 0.264 e. The van der Waals surface area contributed by atoms with Gasteiger partial charge in [0.15, 0.2) is 0 Å². The van der Waals surface area contributed by atoms with E-state index in [9.17, 15) is 18.0 Å². The number of halogens is 2. The summed E-state index contributed by atoms with van der Waals surface area (Å²) in [5.41, 5.74) is 1.75. The minimum Gasteiger partial charge on any atom is -0.354 e. The van der Waals surface area contributed by atoms with Crippen LogP contribution >= 0.6 is 23.2 Å². The Labute approximate surface area is 240 Å². The topological polar surface area (TPSA) is 86.8 Å². The number of hydrogen-bond donors (Lipinski definition) is 1. The zero-order valence-corrected chi connectivity index (χ0v) is 24.7. The third kappa shape index (κ3) is 7.97. The van der Waals surface area contributed by atoms with Crippen molar-refractivity contribution in [2.24, 2.45) is 5.92 Å². The van der Waals surface area contributed by atoms with E-state index in [-0.39, 0.29) is 23.3 Å². The molecule has 3 rings (SSSR count). The number of sulfonamides is 1. The first-order valence-electron chi connectivity index (χ1n) is 12.6. The molecule has 0 heterocycles. The van der Waals surface area contributed by atoms with E-state index in [0.29, 0.717) is 27.8 Å². The van der Waals surface area contributed by atoms with E-state index in [1.165, 1.54) is 17.0 Å². The standard InChI is InChI=1S/C29H33Cl2N3O4S/c1-20(2)17-32-29(36)22(4)33(18-23-13-14-24(30)16-27(23)31)28(35)19-34(25-10-8-9-21(3)15-25)39(37,38)26-11-6-5-7-12-26/h5-16,20,22H,17-19H2,1-4H3,(H,32,36)/t22-/m0/s1. The van der Waals surface area contributed by atoms with Crippen LogP contribution in [0.25, 0.3) is 0 Å². The van der Waals surface area contributed by atoms with Gasteiger partial charge in [-0.25, -0.2) is 8.42 Å². The number of carbonyl (C=O) groups excluding carboxylic acids is 2. The number of benzene rings is 3. The Hall–Kier alpha value is -3.07. The van der Waals surface area contributed by atoms with Gasteiger partial charge >= 0.3 is 0 Å². The number of amides is 2. The number of aryl methyl sites for hydroxylation is 1. The lowest BCUT2D eigenvalue weighted by atomic mass is 10.1. The fourth-order valence-electron chi connectivity index (χ4n) is 3.90. The number of rotatable bonds is 11. The normalized spacial score (nSPS) is 12.2. The third-order valence-corrected chi connectivity index (χ3v) is 8.48. The molecule has 0 fully saturated rings. The van der Waals surface area contributed by atoms with Crippen molar-refractivity contribution in [3.8, 4) is 0 Å². The molecule has 0 unspecified atom stereocenters. The zero-order valence-electron chi connectivity index (χ0n) is 22.4. The van der Waals surface area contributed by atoms with Crippen molar-refractivity contribution in [2.45, 2.75) is 45.2 Å². The molecular formula is C29H33Cl2N3O4S. The highest BCUT2D eigenvalue weighted by molar-refractivity contribution is 7.92. The van der Waals surface area contributed by atoms with Crippen molar-refractivity contribution >= 4 is 50.7 Å². The second-order valence-corrected chi connectivity index (χ2v) is 12.4. The smallest absolute Gasteiger partial charge is 0.264 e. The molecule has 10 heteroatoms. The van der Waals surface area contributed by atoms with E-state index in [1.807, 2.05) is 26.8 Å². The van der Waals surface area contributed by atoms with Crippen LogP contribution in [0.5, 0.6) is 0 Å². The first kappa shape index (κ1) is 30.5. The van der Waals surface area contributed by atoms with Crippen LogP contribution in [0.15, 0.2) is 77.7 Å². The van der Waals surface area contributed by atoms with Gasteiger partial charge in [0.2, 0.25) is 11.8 Å². The molecule has 0 aromatic heterocycles. The summed E-state index contributed by atoms with van der Waals surface area (Å²) in [5.74, 6) is -0.701. The van der Waals surface area contributed by atoms with Crippen LogP contribution in [-0.2, 0) is 26.2 Å². The van der Waals surface area contributed by atoms with E-state index >= 15 is 0 Å². The lowest BCUT2D eigenvalue weighted by molar-refractivity contribution is -0.139. The Morgan fingerprint density at radius 2 is 1.62 bits per heavy atom. The number of nitrogens with one attached hydrogen (secondary N) is 1. The van der Waals surface area contributed by atoms with Gasteiger partial charge in [-0.15, -0.1) is 0 Å². The van der Waals surface area contributed by atoms with Gasteiger partial charge in [0.25, 0.3) is 10.0 Å². The Bertz CT molecular complexity index is 1420. The summed E-state index contributed by atoms with van der Waals surface area (Å²) in [6.07, 6.45) is 0. The summed E-state index contributed by atoms with van der Waals surface area (Å²) in [6.45, 7) is 7.29. The molecular weight excluding hydrogens is 557 g/mol. The molecule has 0 spiro atoms. The molecule has 0 saturated carbocycles. The van der Waals surface area contributed by atoms with E-state index in [0.717, 1.165) is 9.87 Å². The van der Waals surface area contributed by atoms with Crippen LogP contribution in [-0.4, -0.2) is 44.3 Å². The molecule has 1 N–H and O–H groups in total. The Balaban J connectivity index is 2.02. The van der Waals surface area contributed by atoms with Gasteiger partial charge in [-0.05, 0) is 67.3 Å². The first-order valence-corrected chi connectivity index (χ1v) is 14.7. The second kappa shape index (κ2) is 13.3. The van der Waals surface area contributed by atoms with Gasteiger partial charge in [0.05, 0.1) is 10.6 Å². The van der Waals surface area contributed by atoms with Crippen molar-refractivity contribution in [1.29, 1.82) is 0 Å². The Morgan fingerprint density at radius 3 is 2.23 bits per heavy atom. The van der Waals surface area contributed by atoms with Crippen LogP contribution in [0.3, 0.4) is 0 Å². The lowest BCUT2D eigenvalue weighted by Gasteiger charge is -2.32. The molecule has 0 aliphatic carbocycles. The maximum atomic E-state index is 13.9. The third-order valence-electron chi connectivity index (χ3n) is 6.11. The van der Waals surface area contributed by atoms with Gasteiger partial charge in [-0.1, -0.05) is 73.4 Å². The quantitative estimate of drug-likeness (QED) is 0.311. The predicted octanol–water partition coefficient (Wildman–Crippen LogP) is 5.69. The molecule has 208 valence electrons. The molecule has 0 radical (unpaired) electrons. The summed E-state index contributed by atoms with van der Waals surface area (Å²) in [6, 6.07) is 18.8. The minimum atomic E-state index is -4.11. The lowest BCUT2D eigenvalue weighted by Crippen LogP contribution is -2.51. The second-order valence-electron chi connectivity index (χ2n) is 9.74. The van der Waals surface area contributed by atoms with Gasteiger partial charge in [0, 0.05) is 23.1 Å². The minimum absolute atomic E-state index is 0.0157. The van der Waals surface area contributed by atoms with Gasteiger partial charge in [0.1, 0.15) is 12.6 Å². The number of anilines is 1. The molecule has 0 saturated heterocycles. The molecule has 1 atom stereocenters. The zero-order chi connectivity index (χ0) is 28.7. The van der Waals surface area contributed by atoms with Gasteiger partial charge < -0.3 is 10.2 Å². The molecule has 0 bridgehead atoms. The van der Waals surface area contributed by atoms with E-state index in [2.05, 4.69) is 5.32 Å². The SMILES string of the molecule is Cc1cccc(N(CC(=O)N(Cc2ccc(Cl)cc2Cl)[C@@H](C)C(=O)NCC(C)C)S(=O)(=O)c2ccccc2)c1. The highest BCUT2D eigenvalue weighted by Gasteiger charge is 2.32. The predicted molar refractivity (Wildman–Crippen MR) is 156 cm³/mol. The van der Waals surface area contributed by atoms with Crippen molar-refractivity contribution in [3.63, 3.8) is 0 Å². The van der Waals surface area contributed by atoms with Crippen LogP contribution in [0.2, 0.25) is 10.0 Å². The molecule has 0 aliphatic heterocycles. The van der Waals surface area contributed by atoms with Crippen LogP contribution in [0.1, 0.15) is 31.9 Å². The molecule has 7 nitrogen and oxygen atoms in total. The van der Waals surface area contributed by atoms with E-state index < -0.39 is 28.5 Å². The van der Waals surface area contributed by atoms with Crippen molar-refractivity contribution in [3.05, 3.63) is 94.0 Å². The fourth-order valence-corrected chi connectivity index (χ4v) is 5.80. The first-order chi connectivity index (χ1) is 18.4. The molecule has 3 aromatic carbocycles. The molecule has 39 heavy (non-hydrogen) atoms. The molecule has 3 aromatic rings. The fraction of sp³-hybridized carbons (Fsp3) is 0.310. The number of hydrogen-bond acceptors (Lipinski definition) is 4. The highest BCUT2D eigenvalue weighted by Crippen LogP contribution is 2.27. The van der Waals surface area contributed by atoms with Gasteiger partial charge in [-0.3, -0.25) is 13.9 Å². The van der Waals surface area contributed by atoms with Crippen LogP contribution < -0.4 is 9.62 Å². The number of nitrogens with zero attached hydrogens (tertiary/aromatic N) is 2. The number of carbonyl (C=O) groups is 2. The largest absolute Gasteiger partial charge is 0.354 e. The van der Waals surface area contributed by atoms with E-state index in [4.69, 9.17) is 23.2 Å². The van der Waals surface area contributed by atoms with Crippen LogP contribution in [0.4, 0.5) is 5.69 Å².